The molecule has 3 rings (SSSR count). The van der Waals surface area contributed by atoms with E-state index in [0.717, 1.165) is 19.3 Å². The summed E-state index contributed by atoms with van der Waals surface area (Å²) in [6, 6.07) is 5.07. The normalized spacial score (nSPS) is 18.5. The van der Waals surface area contributed by atoms with Crippen molar-refractivity contribution in [3.8, 4) is 5.75 Å². The number of piperazine rings is 1. The lowest BCUT2D eigenvalue weighted by Gasteiger charge is -2.38. The molecule has 0 aromatic heterocycles. The van der Waals surface area contributed by atoms with Crippen molar-refractivity contribution in [2.75, 3.05) is 33.3 Å². The van der Waals surface area contributed by atoms with Crippen LogP contribution in [0.2, 0.25) is 5.02 Å². The van der Waals surface area contributed by atoms with E-state index in [1.807, 2.05) is 4.90 Å². The Kier molecular flexibility index (Phi) is 4.76. The fraction of sp³-hybridized carbons (Fsp3) is 0.529. The quantitative estimate of drug-likeness (QED) is 0.851. The van der Waals surface area contributed by atoms with Crippen LogP contribution in [0.4, 0.5) is 0 Å². The molecule has 1 saturated carbocycles. The summed E-state index contributed by atoms with van der Waals surface area (Å²) in [5.41, 5.74) is 0.478. The maximum absolute atomic E-state index is 12.6. The Morgan fingerprint density at radius 2 is 1.78 bits per heavy atom. The summed E-state index contributed by atoms with van der Waals surface area (Å²) in [4.78, 5) is 28.5. The first-order valence-electron chi connectivity index (χ1n) is 8.01. The lowest BCUT2D eigenvalue weighted by molar-refractivity contribution is -0.139. The molecule has 5 nitrogen and oxygen atoms in total. The van der Waals surface area contributed by atoms with Crippen LogP contribution in [0.15, 0.2) is 18.2 Å². The van der Waals surface area contributed by atoms with E-state index >= 15 is 0 Å². The molecule has 0 N–H and O–H groups in total. The van der Waals surface area contributed by atoms with E-state index < -0.39 is 0 Å². The molecule has 1 heterocycles. The number of amides is 2. The van der Waals surface area contributed by atoms with Crippen LogP contribution in [-0.4, -0.2) is 54.9 Å². The van der Waals surface area contributed by atoms with E-state index in [2.05, 4.69) is 0 Å². The highest BCUT2D eigenvalue weighted by Gasteiger charge is 2.32. The molecule has 0 bridgehead atoms. The Hall–Kier alpha value is -1.75. The summed E-state index contributed by atoms with van der Waals surface area (Å²) in [6.45, 7) is 2.32. The van der Waals surface area contributed by atoms with Gasteiger partial charge in [0.2, 0.25) is 5.91 Å². The fourth-order valence-corrected chi connectivity index (χ4v) is 3.26. The second kappa shape index (κ2) is 6.79. The van der Waals surface area contributed by atoms with E-state index in [0.29, 0.717) is 42.5 Å². The van der Waals surface area contributed by atoms with Crippen molar-refractivity contribution in [2.24, 2.45) is 5.92 Å². The molecule has 1 aromatic carbocycles. The van der Waals surface area contributed by atoms with Gasteiger partial charge in [0, 0.05) is 32.1 Å². The Morgan fingerprint density at radius 3 is 2.30 bits per heavy atom. The van der Waals surface area contributed by atoms with Crippen molar-refractivity contribution in [1.82, 2.24) is 9.80 Å². The number of methoxy groups -OCH3 is 1. The molecular formula is C17H21ClN2O3. The highest BCUT2D eigenvalue weighted by atomic mass is 35.5. The van der Waals surface area contributed by atoms with Crippen molar-refractivity contribution < 1.29 is 14.3 Å². The van der Waals surface area contributed by atoms with Crippen molar-refractivity contribution in [3.05, 3.63) is 28.8 Å². The van der Waals surface area contributed by atoms with E-state index in [1.165, 1.54) is 0 Å². The molecule has 0 atom stereocenters. The molecule has 2 amide bonds. The topological polar surface area (TPSA) is 49.9 Å². The number of ether oxygens (including phenoxy) is 1. The number of nitrogens with zero attached hydrogens (tertiary/aromatic N) is 2. The average molecular weight is 337 g/mol. The molecule has 6 heteroatoms. The first kappa shape index (κ1) is 16.1. The molecule has 1 aliphatic heterocycles. The molecule has 23 heavy (non-hydrogen) atoms. The van der Waals surface area contributed by atoms with Gasteiger partial charge in [0.15, 0.2) is 0 Å². The lowest BCUT2D eigenvalue weighted by Crippen LogP contribution is -2.52. The predicted octanol–water partition coefficient (Wildman–Crippen LogP) is 2.43. The number of hydrogen-bond acceptors (Lipinski definition) is 3. The maximum atomic E-state index is 12.6. The van der Waals surface area contributed by atoms with Gasteiger partial charge in [-0.05, 0) is 31.0 Å². The third-order valence-corrected chi connectivity index (χ3v) is 5.05. The number of carbonyl (C=O) groups is 2. The van der Waals surface area contributed by atoms with Crippen LogP contribution in [0.3, 0.4) is 0 Å². The molecular weight excluding hydrogens is 316 g/mol. The van der Waals surface area contributed by atoms with E-state index in [4.69, 9.17) is 16.3 Å². The molecule has 0 radical (unpaired) electrons. The third-order valence-electron chi connectivity index (χ3n) is 4.74. The Bertz CT molecular complexity index is 608. The number of carbonyl (C=O) groups excluding carboxylic acids is 2. The highest BCUT2D eigenvalue weighted by Crippen LogP contribution is 2.29. The van der Waals surface area contributed by atoms with Crippen molar-refractivity contribution in [2.45, 2.75) is 19.3 Å². The predicted molar refractivity (Wildman–Crippen MR) is 87.8 cm³/mol. The number of rotatable bonds is 3. The number of hydrogen-bond donors (Lipinski definition) is 0. The van der Waals surface area contributed by atoms with Crippen molar-refractivity contribution >= 4 is 23.4 Å². The summed E-state index contributed by atoms with van der Waals surface area (Å²) in [7, 11) is 1.56. The van der Waals surface area contributed by atoms with Gasteiger partial charge < -0.3 is 14.5 Å². The molecule has 124 valence electrons. The summed E-state index contributed by atoms with van der Waals surface area (Å²) in [5, 5.41) is 0.391. The summed E-state index contributed by atoms with van der Waals surface area (Å²) in [6.07, 6.45) is 3.18. The second-order valence-electron chi connectivity index (χ2n) is 6.09. The molecule has 1 aromatic rings. The van der Waals surface area contributed by atoms with Gasteiger partial charge in [-0.3, -0.25) is 9.59 Å². The minimum atomic E-state index is -0.0894. The molecule has 2 fully saturated rings. The monoisotopic (exact) mass is 336 g/mol. The van der Waals surface area contributed by atoms with Crippen LogP contribution in [-0.2, 0) is 4.79 Å². The summed E-state index contributed by atoms with van der Waals surface area (Å²) in [5.74, 6) is 1.01. The van der Waals surface area contributed by atoms with Crippen LogP contribution >= 0.6 is 11.6 Å². The van der Waals surface area contributed by atoms with Gasteiger partial charge in [0.05, 0.1) is 17.7 Å². The van der Waals surface area contributed by atoms with Crippen LogP contribution in [0.1, 0.15) is 29.6 Å². The zero-order valence-electron chi connectivity index (χ0n) is 13.3. The first-order chi connectivity index (χ1) is 11.1. The van der Waals surface area contributed by atoms with Crippen LogP contribution in [0.25, 0.3) is 0 Å². The van der Waals surface area contributed by atoms with Crippen molar-refractivity contribution in [3.63, 3.8) is 0 Å². The van der Waals surface area contributed by atoms with Gasteiger partial charge >= 0.3 is 0 Å². The largest absolute Gasteiger partial charge is 0.497 e. The molecule has 0 spiro atoms. The average Bonchev–Trinajstić information content (AvgIpc) is 2.52. The van der Waals surface area contributed by atoms with Gasteiger partial charge in [0.1, 0.15) is 5.75 Å². The molecule has 2 aliphatic rings. The second-order valence-corrected chi connectivity index (χ2v) is 6.50. The number of halogens is 1. The highest BCUT2D eigenvalue weighted by molar-refractivity contribution is 6.34. The fourth-order valence-electron chi connectivity index (χ4n) is 3.01. The molecule has 1 aliphatic carbocycles. The standard InChI is InChI=1S/C17H21ClN2O3/c1-23-13-5-6-14(15(18)11-13)17(22)20-9-7-19(8-10-20)16(21)12-3-2-4-12/h5-6,11-12H,2-4,7-10H2,1H3. The van der Waals surface area contributed by atoms with E-state index in [-0.39, 0.29) is 17.7 Å². The van der Waals surface area contributed by atoms with Crippen LogP contribution in [0, 0.1) is 5.92 Å². The van der Waals surface area contributed by atoms with Gasteiger partial charge in [-0.1, -0.05) is 18.0 Å². The van der Waals surface area contributed by atoms with Gasteiger partial charge in [0.25, 0.3) is 5.91 Å². The number of benzene rings is 1. The van der Waals surface area contributed by atoms with Gasteiger partial charge in [-0.25, -0.2) is 0 Å². The lowest BCUT2D eigenvalue weighted by atomic mass is 9.84. The third kappa shape index (κ3) is 3.29. The first-order valence-corrected chi connectivity index (χ1v) is 8.39. The van der Waals surface area contributed by atoms with Crippen LogP contribution in [0.5, 0.6) is 5.75 Å². The summed E-state index contributed by atoms with van der Waals surface area (Å²) < 4.78 is 5.10. The minimum absolute atomic E-state index is 0.0894. The van der Waals surface area contributed by atoms with Gasteiger partial charge in [-0.15, -0.1) is 0 Å². The minimum Gasteiger partial charge on any atom is -0.497 e. The van der Waals surface area contributed by atoms with Gasteiger partial charge in [-0.2, -0.15) is 0 Å². The van der Waals surface area contributed by atoms with E-state index in [9.17, 15) is 9.59 Å². The Balaban J connectivity index is 1.60. The zero-order chi connectivity index (χ0) is 16.4. The smallest absolute Gasteiger partial charge is 0.255 e. The van der Waals surface area contributed by atoms with E-state index in [1.54, 1.807) is 30.2 Å². The van der Waals surface area contributed by atoms with Crippen LogP contribution < -0.4 is 4.74 Å². The SMILES string of the molecule is COc1ccc(C(=O)N2CCN(C(=O)C3CCC3)CC2)c(Cl)c1. The maximum Gasteiger partial charge on any atom is 0.255 e. The molecule has 0 unspecified atom stereocenters. The molecule has 1 saturated heterocycles. The van der Waals surface area contributed by atoms with Crippen molar-refractivity contribution in [1.29, 1.82) is 0 Å². The summed E-state index contributed by atoms with van der Waals surface area (Å²) >= 11 is 6.18. The Morgan fingerprint density at radius 1 is 1.13 bits per heavy atom. The Labute approximate surface area is 141 Å². The zero-order valence-corrected chi connectivity index (χ0v) is 14.0.